The van der Waals surface area contributed by atoms with Crippen LogP contribution in [0, 0.1) is 32.9 Å². The van der Waals surface area contributed by atoms with Crippen LogP contribution in [0.1, 0.15) is 69.6 Å². The zero-order valence-corrected chi connectivity index (χ0v) is 34.1. The fourth-order valence-electron chi connectivity index (χ4n) is 7.03. The van der Waals surface area contributed by atoms with E-state index in [1.807, 2.05) is 30.5 Å². The molecule has 3 heterocycles. The number of rotatable bonds is 6. The van der Waals surface area contributed by atoms with Gasteiger partial charge in [0.15, 0.2) is 0 Å². The number of pyridine rings is 1. The van der Waals surface area contributed by atoms with Crippen molar-refractivity contribution in [2.75, 3.05) is 6.26 Å². The number of benzene rings is 4. The van der Waals surface area contributed by atoms with Gasteiger partial charge in [-0.2, -0.15) is 17.2 Å². The average molecular weight is 872 g/mol. The first-order valence-corrected chi connectivity index (χ1v) is 18.4. The smallest absolute Gasteiger partial charge is 0.509 e. The molecule has 0 aliphatic heterocycles. The molecule has 0 fully saturated rings. The molecule has 0 N–H and O–H groups in total. The molecule has 0 unspecified atom stereocenters. The van der Waals surface area contributed by atoms with E-state index in [9.17, 15) is 0 Å². The van der Waals surface area contributed by atoms with Gasteiger partial charge in [0, 0.05) is 44.5 Å². The van der Waals surface area contributed by atoms with Crippen LogP contribution in [0.15, 0.2) is 90.0 Å². The second-order valence-corrected chi connectivity index (χ2v) is 16.1. The van der Waals surface area contributed by atoms with E-state index in [1.54, 1.807) is 11.8 Å². The summed E-state index contributed by atoms with van der Waals surface area (Å²) in [6.07, 6.45) is 3.99. The molecule has 262 valence electrons. The first kappa shape index (κ1) is 36.7. The van der Waals surface area contributed by atoms with E-state index in [1.165, 1.54) is 27.1 Å². The fourth-order valence-corrected chi connectivity index (χ4v) is 7.62. The summed E-state index contributed by atoms with van der Waals surface area (Å²) in [5.41, 5.74) is 10.8. The molecule has 7 heteroatoms. The molecule has 0 saturated heterocycles. The van der Waals surface area contributed by atoms with Crippen LogP contribution >= 0.6 is 11.8 Å². The third-order valence-electron chi connectivity index (χ3n) is 9.19. The van der Waals surface area contributed by atoms with Crippen molar-refractivity contribution in [3.05, 3.63) is 125 Å². The Morgan fingerprint density at radius 1 is 0.725 bits per heavy atom. The van der Waals surface area contributed by atoms with E-state index in [-0.39, 0.29) is 31.9 Å². The van der Waals surface area contributed by atoms with Crippen LogP contribution in [0.25, 0.3) is 44.4 Å². The van der Waals surface area contributed by atoms with Crippen LogP contribution in [-0.4, -0.2) is 25.6 Å². The second kappa shape index (κ2) is 13.8. The Labute approximate surface area is 320 Å². The Morgan fingerprint density at radius 3 is 2.10 bits per heavy atom. The van der Waals surface area contributed by atoms with E-state index < -0.39 is 0 Å². The number of fused-ring (bicyclic) bond motifs is 3. The molecule has 0 spiro atoms. The van der Waals surface area contributed by atoms with Crippen molar-refractivity contribution in [2.24, 2.45) is 0 Å². The molecule has 4 aromatic carbocycles. The summed E-state index contributed by atoms with van der Waals surface area (Å²) in [6, 6.07) is 34.4. The molecule has 7 rings (SSSR count). The van der Waals surface area contributed by atoms with E-state index in [2.05, 4.69) is 145 Å². The van der Waals surface area contributed by atoms with Crippen molar-refractivity contribution in [1.29, 1.82) is 0 Å². The summed E-state index contributed by atoms with van der Waals surface area (Å²) in [7, 11) is 0. The van der Waals surface area contributed by atoms with E-state index in [0.29, 0.717) is 11.5 Å². The van der Waals surface area contributed by atoms with Crippen LogP contribution in [0.2, 0.25) is 0 Å². The van der Waals surface area contributed by atoms with Gasteiger partial charge in [0.05, 0.1) is 11.4 Å². The first-order valence-electron chi connectivity index (χ1n) is 17.1. The molecule has 0 bridgehead atoms. The molecule has 51 heavy (non-hydrogen) atoms. The van der Waals surface area contributed by atoms with Crippen LogP contribution in [0.5, 0.6) is 11.5 Å². The number of nitrogens with zero attached hydrogens (tertiary/aromatic N) is 4. The Hall–Kier alpha value is -4.12. The molecular weight excluding hydrogens is 828 g/mol. The third kappa shape index (κ3) is 6.81. The molecule has 0 atom stereocenters. The molecule has 0 aliphatic rings. The van der Waals surface area contributed by atoms with Crippen molar-refractivity contribution >= 4 is 33.6 Å². The van der Waals surface area contributed by atoms with E-state index >= 15 is 0 Å². The van der Waals surface area contributed by atoms with Gasteiger partial charge in [-0.25, -0.2) is 4.98 Å². The summed E-state index contributed by atoms with van der Waals surface area (Å²) < 4.78 is 10.8. The minimum Gasteiger partial charge on any atom is -0.509 e. The minimum atomic E-state index is -0.219. The van der Waals surface area contributed by atoms with E-state index in [0.717, 1.165) is 50.3 Å². The van der Waals surface area contributed by atoms with Gasteiger partial charge in [0.2, 0.25) is 0 Å². The first-order chi connectivity index (χ1) is 23.7. The Balaban J connectivity index is 0.00000448. The van der Waals surface area contributed by atoms with Crippen molar-refractivity contribution < 1.29 is 25.8 Å². The number of aromatic nitrogens is 4. The summed E-state index contributed by atoms with van der Waals surface area (Å²) in [6.45, 7) is 20.1. The van der Waals surface area contributed by atoms with Gasteiger partial charge < -0.3 is 9.30 Å². The SMILES string of the molecule is CSc1cc(C)c(-c2c(C(C)(C)C)nn(-c3[c-]c(Oc4[c-]c5c(cc4)c4ccccc4n5-c4cc(C)ccn4)ccc3)c2C(C)(C)C)c(C)c1.[Pt+2]. The average Bonchev–Trinajstić information content (AvgIpc) is 3.62. The topological polar surface area (TPSA) is 44.9 Å². The Kier molecular flexibility index (Phi) is 9.91. The van der Waals surface area contributed by atoms with Gasteiger partial charge in [-0.3, -0.25) is 4.68 Å². The molecule has 3 aromatic heterocycles. The zero-order chi connectivity index (χ0) is 35.5. The third-order valence-corrected chi connectivity index (χ3v) is 9.89. The quantitative estimate of drug-likeness (QED) is 0.123. The number of para-hydroxylation sites is 1. The van der Waals surface area contributed by atoms with E-state index in [4.69, 9.17) is 14.8 Å². The maximum atomic E-state index is 6.55. The summed E-state index contributed by atoms with van der Waals surface area (Å²) in [4.78, 5) is 5.99. The summed E-state index contributed by atoms with van der Waals surface area (Å²) in [5.74, 6) is 2.06. The summed E-state index contributed by atoms with van der Waals surface area (Å²) >= 11 is 1.78. The Bertz CT molecular complexity index is 2380. The van der Waals surface area contributed by atoms with Crippen molar-refractivity contribution in [1.82, 2.24) is 19.3 Å². The van der Waals surface area contributed by atoms with Gasteiger partial charge in [0.1, 0.15) is 5.82 Å². The fraction of sp³-hybridized carbons (Fsp3) is 0.273. The number of ether oxygens (including phenoxy) is 1. The molecular formula is C44H44N4OPtS. The van der Waals surface area contributed by atoms with Crippen LogP contribution < -0.4 is 4.74 Å². The van der Waals surface area contributed by atoms with Gasteiger partial charge in [-0.15, -0.1) is 47.5 Å². The van der Waals surface area contributed by atoms with Crippen molar-refractivity contribution in [3.63, 3.8) is 0 Å². The maximum Gasteiger partial charge on any atom is 2.00 e. The van der Waals surface area contributed by atoms with Crippen molar-refractivity contribution in [3.8, 4) is 34.1 Å². The Morgan fingerprint density at radius 2 is 1.43 bits per heavy atom. The number of aryl methyl sites for hydroxylation is 3. The molecule has 7 aromatic rings. The molecule has 0 amide bonds. The standard InChI is InChI=1S/C44H44N4OS.Pt/c1-27-20-21-45-38(22-27)47-36-17-12-11-16-34(36)35-19-18-32(26-37(35)47)49-31-15-13-14-30(25-31)48-42(44(7,8)9)40(41(46-48)43(4,5)6)39-28(2)23-33(50-10)24-29(39)3;/h11-24H,1-10H3;/q-2;+2. The monoisotopic (exact) mass is 871 g/mol. The zero-order valence-electron chi connectivity index (χ0n) is 31.0. The van der Waals surface area contributed by atoms with Gasteiger partial charge in [-0.1, -0.05) is 65.3 Å². The van der Waals surface area contributed by atoms with Crippen LogP contribution in [-0.2, 0) is 31.9 Å². The maximum absolute atomic E-state index is 6.55. The van der Waals surface area contributed by atoms with Gasteiger partial charge >= 0.3 is 21.1 Å². The molecule has 0 aliphatic carbocycles. The predicted molar refractivity (Wildman–Crippen MR) is 209 cm³/mol. The predicted octanol–water partition coefficient (Wildman–Crippen LogP) is 11.7. The van der Waals surface area contributed by atoms with Gasteiger partial charge in [-0.05, 0) is 90.7 Å². The second-order valence-electron chi connectivity index (χ2n) is 15.3. The molecule has 5 nitrogen and oxygen atoms in total. The number of hydrogen-bond donors (Lipinski definition) is 0. The van der Waals surface area contributed by atoms with Gasteiger partial charge in [0.25, 0.3) is 0 Å². The molecule has 0 radical (unpaired) electrons. The molecule has 0 saturated carbocycles. The van der Waals surface area contributed by atoms with Crippen molar-refractivity contribution in [2.45, 2.75) is 78.0 Å². The summed E-state index contributed by atoms with van der Waals surface area (Å²) in [5, 5.41) is 7.64. The normalized spacial score (nSPS) is 12.0. The van der Waals surface area contributed by atoms with Crippen LogP contribution in [0.3, 0.4) is 0 Å². The largest absolute Gasteiger partial charge is 2.00 e. The minimum absolute atomic E-state index is 0. The van der Waals surface area contributed by atoms with Crippen LogP contribution in [0.4, 0.5) is 0 Å². The number of thioether (sulfide) groups is 1. The number of hydrogen-bond acceptors (Lipinski definition) is 4.